The Labute approximate surface area is 276 Å². The first-order valence-corrected chi connectivity index (χ1v) is 18.2. The molecule has 0 unspecified atom stereocenters. The Morgan fingerprint density at radius 3 is 1.36 bits per heavy atom. The standard InChI is InChI=1S/C39H68O6/c1-3-4-5-6-7-8-9-13-17-20-23-26-29-32-38(42)44-34-37(41)35-45-39(43)33-30-27-24-21-18-15-12-10-11-14-16-19-22-25-28-31-36(2)40/h11-12,14-15,19,21-22,24,36-37,40-41H,3-10,13,16-18,20,23,25-35H2,1-2H3/b14-11-,15-12-,22-19-,24-21-/t36-,37-/m1/s1. The smallest absolute Gasteiger partial charge is 0.305 e. The van der Waals surface area contributed by atoms with Gasteiger partial charge in [0.2, 0.25) is 0 Å². The summed E-state index contributed by atoms with van der Waals surface area (Å²) in [6.07, 6.45) is 40.1. The van der Waals surface area contributed by atoms with Gasteiger partial charge in [0.1, 0.15) is 19.3 Å². The van der Waals surface area contributed by atoms with Gasteiger partial charge in [0, 0.05) is 12.8 Å². The SMILES string of the molecule is CCCCCCCCCCCCCCCC(=O)OC[C@@H](O)COC(=O)CCC/C=C\C/C=C\C/C=C\C/C=C\CCC[C@@H](C)O. The summed E-state index contributed by atoms with van der Waals surface area (Å²) in [4.78, 5) is 23.8. The molecule has 6 nitrogen and oxygen atoms in total. The average Bonchev–Trinajstić information content (AvgIpc) is 3.02. The van der Waals surface area contributed by atoms with Gasteiger partial charge in [-0.3, -0.25) is 9.59 Å². The molecule has 0 fully saturated rings. The van der Waals surface area contributed by atoms with Crippen LogP contribution in [0.4, 0.5) is 0 Å². The summed E-state index contributed by atoms with van der Waals surface area (Å²) in [7, 11) is 0. The highest BCUT2D eigenvalue weighted by Crippen LogP contribution is 2.13. The summed E-state index contributed by atoms with van der Waals surface area (Å²) in [6.45, 7) is 3.79. The quantitative estimate of drug-likeness (QED) is 0.0435. The van der Waals surface area contributed by atoms with Gasteiger partial charge < -0.3 is 19.7 Å². The average molecular weight is 633 g/mol. The number of carbonyl (C=O) groups is 2. The highest BCUT2D eigenvalue weighted by molar-refractivity contribution is 5.69. The van der Waals surface area contributed by atoms with E-state index < -0.39 is 6.10 Å². The van der Waals surface area contributed by atoms with Gasteiger partial charge in [0.15, 0.2) is 0 Å². The van der Waals surface area contributed by atoms with E-state index in [9.17, 15) is 19.8 Å². The fourth-order valence-corrected chi connectivity index (χ4v) is 4.80. The largest absolute Gasteiger partial charge is 0.463 e. The van der Waals surface area contributed by atoms with Gasteiger partial charge in [0.05, 0.1) is 6.10 Å². The van der Waals surface area contributed by atoms with Crippen molar-refractivity contribution in [1.29, 1.82) is 0 Å². The normalized spacial score (nSPS) is 13.4. The van der Waals surface area contributed by atoms with Crippen LogP contribution in [0.2, 0.25) is 0 Å². The van der Waals surface area contributed by atoms with Crippen molar-refractivity contribution in [3.8, 4) is 0 Å². The lowest BCUT2D eigenvalue weighted by molar-refractivity contribution is -0.152. The summed E-state index contributed by atoms with van der Waals surface area (Å²) >= 11 is 0. The van der Waals surface area contributed by atoms with Crippen molar-refractivity contribution in [2.75, 3.05) is 13.2 Å². The fourth-order valence-electron chi connectivity index (χ4n) is 4.80. The molecule has 45 heavy (non-hydrogen) atoms. The third-order valence-corrected chi connectivity index (χ3v) is 7.59. The number of allylic oxidation sites excluding steroid dienone is 8. The lowest BCUT2D eigenvalue weighted by atomic mass is 10.0. The number of unbranched alkanes of at least 4 members (excludes halogenated alkanes) is 14. The van der Waals surface area contributed by atoms with Crippen molar-refractivity contribution < 1.29 is 29.3 Å². The Bertz CT molecular complexity index is 782. The number of hydrogen-bond donors (Lipinski definition) is 2. The lowest BCUT2D eigenvalue weighted by Crippen LogP contribution is -2.25. The molecule has 0 heterocycles. The van der Waals surface area contributed by atoms with E-state index in [1.165, 1.54) is 64.2 Å². The van der Waals surface area contributed by atoms with Crippen molar-refractivity contribution in [2.24, 2.45) is 0 Å². The molecule has 6 heteroatoms. The zero-order valence-electron chi connectivity index (χ0n) is 29.0. The van der Waals surface area contributed by atoms with Crippen LogP contribution >= 0.6 is 0 Å². The minimum absolute atomic E-state index is 0.140. The molecule has 0 radical (unpaired) electrons. The first-order chi connectivity index (χ1) is 22.0. The highest BCUT2D eigenvalue weighted by Gasteiger charge is 2.12. The van der Waals surface area contributed by atoms with Gasteiger partial charge in [0.25, 0.3) is 0 Å². The number of ether oxygens (including phenoxy) is 2. The number of esters is 2. The highest BCUT2D eigenvalue weighted by atomic mass is 16.6. The molecule has 0 aliphatic rings. The van der Waals surface area contributed by atoms with Crippen molar-refractivity contribution in [1.82, 2.24) is 0 Å². The molecule has 260 valence electrons. The molecule has 0 saturated heterocycles. The van der Waals surface area contributed by atoms with Crippen LogP contribution in [0.15, 0.2) is 48.6 Å². The van der Waals surface area contributed by atoms with Gasteiger partial charge in [-0.15, -0.1) is 0 Å². The number of aliphatic hydroxyl groups is 2. The Hall–Kier alpha value is -2.18. The van der Waals surface area contributed by atoms with Gasteiger partial charge in [-0.1, -0.05) is 133 Å². The van der Waals surface area contributed by atoms with Crippen molar-refractivity contribution >= 4 is 11.9 Å². The Morgan fingerprint density at radius 2 is 0.911 bits per heavy atom. The Balaban J connectivity index is 3.56. The molecule has 0 saturated carbocycles. The second-order valence-corrected chi connectivity index (χ2v) is 12.3. The topological polar surface area (TPSA) is 93.1 Å². The monoisotopic (exact) mass is 633 g/mol. The van der Waals surface area contributed by atoms with Crippen LogP contribution in [0.25, 0.3) is 0 Å². The maximum absolute atomic E-state index is 11.9. The van der Waals surface area contributed by atoms with Crippen LogP contribution < -0.4 is 0 Å². The van der Waals surface area contributed by atoms with E-state index in [0.717, 1.165) is 64.2 Å². The third kappa shape index (κ3) is 36.2. The molecule has 0 aromatic carbocycles. The van der Waals surface area contributed by atoms with Crippen LogP contribution in [0, 0.1) is 0 Å². The number of carbonyl (C=O) groups excluding carboxylic acids is 2. The molecule has 2 N–H and O–H groups in total. The van der Waals surface area contributed by atoms with Crippen LogP contribution in [0.5, 0.6) is 0 Å². The van der Waals surface area contributed by atoms with E-state index in [-0.39, 0.29) is 31.3 Å². The predicted octanol–water partition coefficient (Wildman–Crippen LogP) is 10.0. The maximum Gasteiger partial charge on any atom is 0.305 e. The molecule has 2 atom stereocenters. The number of hydrogen-bond acceptors (Lipinski definition) is 6. The van der Waals surface area contributed by atoms with Crippen LogP contribution in [0.3, 0.4) is 0 Å². The third-order valence-electron chi connectivity index (χ3n) is 7.59. The summed E-state index contributed by atoms with van der Waals surface area (Å²) in [5, 5.41) is 19.2. The van der Waals surface area contributed by atoms with E-state index in [2.05, 4.69) is 55.5 Å². The molecular formula is C39H68O6. The lowest BCUT2D eigenvalue weighted by Gasteiger charge is -2.12. The zero-order valence-corrected chi connectivity index (χ0v) is 29.0. The van der Waals surface area contributed by atoms with Crippen LogP contribution in [-0.2, 0) is 19.1 Å². The van der Waals surface area contributed by atoms with E-state index in [1.807, 2.05) is 6.92 Å². The summed E-state index contributed by atoms with van der Waals surface area (Å²) < 4.78 is 10.3. The van der Waals surface area contributed by atoms with E-state index in [4.69, 9.17) is 9.47 Å². The first-order valence-electron chi connectivity index (χ1n) is 18.2. The van der Waals surface area contributed by atoms with Crippen LogP contribution in [0.1, 0.15) is 162 Å². The fraction of sp³-hybridized carbons (Fsp3) is 0.744. The minimum Gasteiger partial charge on any atom is -0.463 e. The molecule has 0 aliphatic heterocycles. The van der Waals surface area contributed by atoms with Gasteiger partial charge in [-0.05, 0) is 64.7 Å². The van der Waals surface area contributed by atoms with E-state index in [1.54, 1.807) is 0 Å². The molecule has 0 bridgehead atoms. The van der Waals surface area contributed by atoms with E-state index >= 15 is 0 Å². The van der Waals surface area contributed by atoms with Gasteiger partial charge in [-0.25, -0.2) is 0 Å². The van der Waals surface area contributed by atoms with Crippen molar-refractivity contribution in [3.05, 3.63) is 48.6 Å². The second-order valence-electron chi connectivity index (χ2n) is 12.3. The zero-order chi connectivity index (χ0) is 33.1. The molecule has 0 aliphatic carbocycles. The molecule has 0 aromatic heterocycles. The van der Waals surface area contributed by atoms with Crippen LogP contribution in [-0.4, -0.2) is 47.6 Å². The predicted molar refractivity (Wildman–Crippen MR) is 188 cm³/mol. The second kappa shape index (κ2) is 34.7. The summed E-state index contributed by atoms with van der Waals surface area (Å²) in [6, 6.07) is 0. The first kappa shape index (κ1) is 42.8. The Kier molecular flexibility index (Phi) is 33.0. The number of aliphatic hydroxyl groups excluding tert-OH is 2. The summed E-state index contributed by atoms with van der Waals surface area (Å²) in [5.74, 6) is -0.645. The summed E-state index contributed by atoms with van der Waals surface area (Å²) in [5.41, 5.74) is 0. The number of rotatable bonds is 32. The van der Waals surface area contributed by atoms with Crippen molar-refractivity contribution in [2.45, 2.75) is 174 Å². The van der Waals surface area contributed by atoms with Gasteiger partial charge >= 0.3 is 11.9 Å². The molecule has 0 rings (SSSR count). The van der Waals surface area contributed by atoms with Crippen molar-refractivity contribution in [3.63, 3.8) is 0 Å². The minimum atomic E-state index is -0.992. The molecule has 0 aromatic rings. The maximum atomic E-state index is 11.9. The molecular weight excluding hydrogens is 564 g/mol. The molecule has 0 spiro atoms. The molecule has 0 amide bonds. The van der Waals surface area contributed by atoms with E-state index in [0.29, 0.717) is 19.3 Å². The Morgan fingerprint density at radius 1 is 0.533 bits per heavy atom. The van der Waals surface area contributed by atoms with Gasteiger partial charge in [-0.2, -0.15) is 0 Å².